The van der Waals surface area contributed by atoms with E-state index in [-0.39, 0.29) is 45.2 Å². The Morgan fingerprint density at radius 2 is 1.34 bits per heavy atom. The van der Waals surface area contributed by atoms with Crippen LogP contribution in [0.1, 0.15) is 46.5 Å². The molecule has 9 nitrogen and oxygen atoms in total. The maximum Gasteiger partial charge on any atom is 0.311 e. The van der Waals surface area contributed by atoms with Crippen LogP contribution in [-0.4, -0.2) is 78.9 Å². The van der Waals surface area contributed by atoms with E-state index in [0.717, 1.165) is 6.29 Å². The molecule has 0 aromatic carbocycles. The predicted octanol–water partition coefficient (Wildman–Crippen LogP) is 2.30. The van der Waals surface area contributed by atoms with Gasteiger partial charge in [-0.25, -0.2) is 0 Å². The lowest BCUT2D eigenvalue weighted by Gasteiger charge is -2.25. The fourth-order valence-corrected chi connectivity index (χ4v) is 2.36. The van der Waals surface area contributed by atoms with Crippen LogP contribution in [0.25, 0.3) is 0 Å². The Hall–Kier alpha value is -1.10. The number of aldehydes is 1. The van der Waals surface area contributed by atoms with Gasteiger partial charge < -0.3 is 38.0 Å². The number of esters is 1. The van der Waals surface area contributed by atoms with Crippen molar-refractivity contribution in [3.63, 3.8) is 0 Å². The van der Waals surface area contributed by atoms with Gasteiger partial charge in [-0.3, -0.25) is 4.79 Å². The largest absolute Gasteiger partial charge is 0.465 e. The summed E-state index contributed by atoms with van der Waals surface area (Å²) in [7, 11) is 4.58. The molecule has 0 radical (unpaired) electrons. The Balaban J connectivity index is 4.74. The zero-order valence-corrected chi connectivity index (χ0v) is 18.6. The molecule has 9 heteroatoms. The molecule has 0 N–H and O–H groups in total. The van der Waals surface area contributed by atoms with Gasteiger partial charge in [0.1, 0.15) is 32.8 Å². The van der Waals surface area contributed by atoms with Gasteiger partial charge in [0.25, 0.3) is 0 Å². The van der Waals surface area contributed by atoms with Crippen LogP contribution in [0, 0.1) is 5.41 Å². The molecule has 3 atom stereocenters. The SMILES string of the molecule is COCO[C@H](CC[C@H](C=O)OCOC)C[C@H](CCOC(=O)C(C)(C)C)OCOC. The average molecular weight is 423 g/mol. The Bertz CT molecular complexity index is 423. The van der Waals surface area contributed by atoms with E-state index >= 15 is 0 Å². The van der Waals surface area contributed by atoms with Crippen molar-refractivity contribution >= 4 is 12.3 Å². The second-order valence-electron chi connectivity index (χ2n) is 7.63. The third kappa shape index (κ3) is 14.5. The maximum absolute atomic E-state index is 11.9. The van der Waals surface area contributed by atoms with Gasteiger partial charge in [-0.1, -0.05) is 0 Å². The Morgan fingerprint density at radius 3 is 1.83 bits per heavy atom. The summed E-state index contributed by atoms with van der Waals surface area (Å²) >= 11 is 0. The van der Waals surface area contributed by atoms with E-state index in [0.29, 0.717) is 25.7 Å². The third-order valence-electron chi connectivity index (χ3n) is 3.98. The van der Waals surface area contributed by atoms with Gasteiger partial charge in [0, 0.05) is 34.2 Å². The molecule has 0 rings (SSSR count). The van der Waals surface area contributed by atoms with Gasteiger partial charge in [0.2, 0.25) is 0 Å². The first-order valence-electron chi connectivity index (χ1n) is 9.72. The number of ether oxygens (including phenoxy) is 7. The van der Waals surface area contributed by atoms with Crippen LogP contribution in [0.2, 0.25) is 0 Å². The first-order chi connectivity index (χ1) is 13.8. The van der Waals surface area contributed by atoms with Gasteiger partial charge in [0.15, 0.2) is 0 Å². The van der Waals surface area contributed by atoms with E-state index in [1.807, 2.05) is 0 Å². The number of methoxy groups -OCH3 is 3. The summed E-state index contributed by atoms with van der Waals surface area (Å²) in [6.45, 7) is 5.92. The first kappa shape index (κ1) is 27.9. The molecule has 0 heterocycles. The van der Waals surface area contributed by atoms with Gasteiger partial charge in [-0.15, -0.1) is 0 Å². The van der Waals surface area contributed by atoms with E-state index in [4.69, 9.17) is 33.2 Å². The minimum atomic E-state index is -0.574. The van der Waals surface area contributed by atoms with Crippen molar-refractivity contribution in [3.8, 4) is 0 Å². The van der Waals surface area contributed by atoms with Crippen LogP contribution < -0.4 is 0 Å². The highest BCUT2D eigenvalue weighted by molar-refractivity contribution is 5.75. The predicted molar refractivity (Wildman–Crippen MR) is 105 cm³/mol. The molecule has 0 amide bonds. The summed E-state index contributed by atoms with van der Waals surface area (Å²) in [6, 6.07) is 0. The Labute approximate surface area is 174 Å². The van der Waals surface area contributed by atoms with Crippen LogP contribution >= 0.6 is 0 Å². The summed E-state index contributed by atoms with van der Waals surface area (Å²) in [5, 5.41) is 0. The van der Waals surface area contributed by atoms with Crippen LogP contribution in [-0.2, 0) is 42.7 Å². The number of hydrogen-bond acceptors (Lipinski definition) is 9. The standard InChI is InChI=1S/C20H38O9/c1-20(2,3)19(22)26-10-9-17(28-14-24-5)11-16(27-13-23-4)7-8-18(12-21)29-15-25-6/h12,16-18H,7-11,13-15H2,1-6H3/t16-,17+,18-/m1/s1. The Morgan fingerprint density at radius 1 is 0.828 bits per heavy atom. The van der Waals surface area contributed by atoms with Crippen LogP contribution in [0.3, 0.4) is 0 Å². The summed E-state index contributed by atoms with van der Waals surface area (Å²) < 4.78 is 36.9. The molecule has 0 saturated carbocycles. The van der Waals surface area contributed by atoms with Crippen LogP contribution in [0.5, 0.6) is 0 Å². The lowest BCUT2D eigenvalue weighted by Crippen LogP contribution is -2.29. The normalized spacial score (nSPS) is 15.0. The number of hydrogen-bond donors (Lipinski definition) is 0. The number of rotatable bonds is 18. The van der Waals surface area contributed by atoms with Gasteiger partial charge >= 0.3 is 5.97 Å². The molecule has 0 saturated heterocycles. The quantitative estimate of drug-likeness (QED) is 0.187. The molecule has 172 valence electrons. The van der Waals surface area contributed by atoms with Crippen molar-refractivity contribution in [2.75, 3.05) is 48.3 Å². The topological polar surface area (TPSA) is 98.8 Å². The molecule has 0 aromatic rings. The van der Waals surface area contributed by atoms with Crippen molar-refractivity contribution in [2.24, 2.45) is 5.41 Å². The van der Waals surface area contributed by atoms with Crippen molar-refractivity contribution in [2.45, 2.75) is 64.8 Å². The molecule has 0 aliphatic carbocycles. The second-order valence-corrected chi connectivity index (χ2v) is 7.63. The van der Waals surface area contributed by atoms with E-state index in [9.17, 15) is 9.59 Å². The summed E-state index contributed by atoms with van der Waals surface area (Å²) in [5.74, 6) is -0.265. The summed E-state index contributed by atoms with van der Waals surface area (Å²) in [4.78, 5) is 23.1. The molecular weight excluding hydrogens is 384 g/mol. The van der Waals surface area contributed by atoms with Gasteiger partial charge in [-0.05, 0) is 33.6 Å². The summed E-state index contributed by atoms with van der Waals surface area (Å²) in [5.41, 5.74) is -0.557. The lowest BCUT2D eigenvalue weighted by molar-refractivity contribution is -0.155. The fourth-order valence-electron chi connectivity index (χ4n) is 2.36. The van der Waals surface area contributed by atoms with Crippen molar-refractivity contribution in [1.82, 2.24) is 0 Å². The van der Waals surface area contributed by atoms with Crippen molar-refractivity contribution in [1.29, 1.82) is 0 Å². The highest BCUT2D eigenvalue weighted by Crippen LogP contribution is 2.19. The highest BCUT2D eigenvalue weighted by Gasteiger charge is 2.24. The molecule has 29 heavy (non-hydrogen) atoms. The molecule has 0 spiro atoms. The minimum absolute atomic E-state index is 0.0473. The molecular formula is C20H38O9. The molecule has 0 unspecified atom stereocenters. The van der Waals surface area contributed by atoms with E-state index < -0.39 is 11.5 Å². The molecule has 0 aliphatic rings. The molecule has 0 aromatic heterocycles. The second kappa shape index (κ2) is 16.7. The van der Waals surface area contributed by atoms with Gasteiger partial charge in [0.05, 0.1) is 24.2 Å². The van der Waals surface area contributed by atoms with Gasteiger partial charge in [-0.2, -0.15) is 0 Å². The van der Waals surface area contributed by atoms with Crippen molar-refractivity contribution in [3.05, 3.63) is 0 Å². The van der Waals surface area contributed by atoms with E-state index in [1.165, 1.54) is 21.3 Å². The highest BCUT2D eigenvalue weighted by atomic mass is 16.7. The molecule has 0 bridgehead atoms. The zero-order chi connectivity index (χ0) is 22.1. The van der Waals surface area contributed by atoms with E-state index in [2.05, 4.69) is 0 Å². The minimum Gasteiger partial charge on any atom is -0.465 e. The molecule has 0 aliphatic heterocycles. The maximum atomic E-state index is 11.9. The monoisotopic (exact) mass is 422 g/mol. The van der Waals surface area contributed by atoms with Crippen LogP contribution in [0.15, 0.2) is 0 Å². The molecule has 0 fully saturated rings. The van der Waals surface area contributed by atoms with Crippen molar-refractivity contribution < 1.29 is 42.7 Å². The zero-order valence-electron chi connectivity index (χ0n) is 18.6. The first-order valence-corrected chi connectivity index (χ1v) is 9.72. The average Bonchev–Trinajstić information content (AvgIpc) is 2.68. The Kier molecular flexibility index (Phi) is 16.0. The number of carbonyl (C=O) groups is 2. The third-order valence-corrected chi connectivity index (χ3v) is 3.98. The van der Waals surface area contributed by atoms with E-state index in [1.54, 1.807) is 20.8 Å². The van der Waals surface area contributed by atoms with Crippen LogP contribution in [0.4, 0.5) is 0 Å². The smallest absolute Gasteiger partial charge is 0.311 e. The lowest BCUT2D eigenvalue weighted by atomic mass is 9.97. The number of carbonyl (C=O) groups excluding carboxylic acids is 2. The summed E-state index contributed by atoms with van der Waals surface area (Å²) in [6.07, 6.45) is 1.74. The fraction of sp³-hybridized carbons (Fsp3) is 0.900.